The van der Waals surface area contributed by atoms with Gasteiger partial charge >= 0.3 is 6.09 Å². The minimum atomic E-state index is -1.07. The Hall–Kier alpha value is -4.00. The standard InChI is InChI=1S/C23H22F2N4O4/c24-18-4-1-3-17(21(18)25)15-8-6-14(7-9-15)13-33-23(32)29-10-2-5-19(29)22(31)28-16(12-26)11-20(27)30/h1,3-4,6-9,16,19H,2,5,10-11,13H2,(H2,27,30)(H,28,31)/t16-,19-/m0/s1. The number of amides is 3. The molecule has 0 aromatic heterocycles. The highest BCUT2D eigenvalue weighted by molar-refractivity contribution is 5.87. The van der Waals surface area contributed by atoms with Crippen LogP contribution in [0.4, 0.5) is 13.6 Å². The van der Waals surface area contributed by atoms with E-state index in [9.17, 15) is 23.2 Å². The van der Waals surface area contributed by atoms with Gasteiger partial charge < -0.3 is 15.8 Å². The Balaban J connectivity index is 1.58. The highest BCUT2D eigenvalue weighted by atomic mass is 19.2. The maximum Gasteiger partial charge on any atom is 0.410 e. The minimum absolute atomic E-state index is 0.0852. The number of nitriles is 1. The summed E-state index contributed by atoms with van der Waals surface area (Å²) in [5, 5.41) is 11.5. The molecule has 3 rings (SSSR count). The fraction of sp³-hybridized carbons (Fsp3) is 0.304. The highest BCUT2D eigenvalue weighted by Crippen LogP contribution is 2.25. The molecule has 33 heavy (non-hydrogen) atoms. The lowest BCUT2D eigenvalue weighted by molar-refractivity contribution is -0.125. The van der Waals surface area contributed by atoms with Gasteiger partial charge in [0.2, 0.25) is 11.8 Å². The van der Waals surface area contributed by atoms with E-state index in [1.54, 1.807) is 30.3 Å². The van der Waals surface area contributed by atoms with Gasteiger partial charge in [0.05, 0.1) is 12.5 Å². The third kappa shape index (κ3) is 5.83. The second-order valence-corrected chi connectivity index (χ2v) is 7.57. The zero-order chi connectivity index (χ0) is 24.0. The zero-order valence-electron chi connectivity index (χ0n) is 17.6. The van der Waals surface area contributed by atoms with Crippen LogP contribution in [0.1, 0.15) is 24.8 Å². The first-order chi connectivity index (χ1) is 15.8. The van der Waals surface area contributed by atoms with Crippen molar-refractivity contribution in [3.8, 4) is 17.2 Å². The molecule has 1 fully saturated rings. The topological polar surface area (TPSA) is 126 Å². The lowest BCUT2D eigenvalue weighted by Gasteiger charge is -2.24. The molecule has 3 amide bonds. The number of nitrogens with one attached hydrogen (secondary N) is 1. The van der Waals surface area contributed by atoms with Gasteiger partial charge in [-0.3, -0.25) is 14.5 Å². The van der Waals surface area contributed by atoms with Gasteiger partial charge in [0.25, 0.3) is 0 Å². The minimum Gasteiger partial charge on any atom is -0.445 e. The number of carbonyl (C=O) groups excluding carboxylic acids is 3. The molecule has 3 N–H and O–H groups in total. The van der Waals surface area contributed by atoms with E-state index in [0.717, 1.165) is 6.07 Å². The van der Waals surface area contributed by atoms with Gasteiger partial charge in [-0.2, -0.15) is 5.26 Å². The van der Waals surface area contributed by atoms with Crippen LogP contribution in [0.3, 0.4) is 0 Å². The fourth-order valence-corrected chi connectivity index (χ4v) is 3.59. The Labute approximate surface area is 188 Å². The third-order valence-electron chi connectivity index (χ3n) is 5.25. The zero-order valence-corrected chi connectivity index (χ0v) is 17.6. The van der Waals surface area contributed by atoms with E-state index in [4.69, 9.17) is 15.7 Å². The van der Waals surface area contributed by atoms with Crippen molar-refractivity contribution < 1.29 is 27.9 Å². The number of rotatable bonds is 7. The van der Waals surface area contributed by atoms with Crippen LogP contribution in [-0.2, 0) is 20.9 Å². The van der Waals surface area contributed by atoms with Gasteiger partial charge in [-0.1, -0.05) is 36.4 Å². The maximum absolute atomic E-state index is 14.0. The summed E-state index contributed by atoms with van der Waals surface area (Å²) in [5.41, 5.74) is 6.28. The van der Waals surface area contributed by atoms with Gasteiger partial charge in [0, 0.05) is 12.1 Å². The first kappa shape index (κ1) is 23.7. The average molecular weight is 456 g/mol. The number of carbonyl (C=O) groups is 3. The molecule has 1 aliphatic rings. The molecule has 0 saturated carbocycles. The fourth-order valence-electron chi connectivity index (χ4n) is 3.59. The summed E-state index contributed by atoms with van der Waals surface area (Å²) in [5.74, 6) is -3.16. The molecule has 1 heterocycles. The van der Waals surface area contributed by atoms with Crippen LogP contribution in [-0.4, -0.2) is 41.4 Å². The third-order valence-corrected chi connectivity index (χ3v) is 5.25. The summed E-state index contributed by atoms with van der Waals surface area (Å²) in [4.78, 5) is 37.3. The molecule has 2 aromatic rings. The van der Waals surface area contributed by atoms with Crippen molar-refractivity contribution in [2.75, 3.05) is 6.54 Å². The van der Waals surface area contributed by atoms with Crippen LogP contribution >= 0.6 is 0 Å². The number of hydrogen-bond donors (Lipinski definition) is 2. The normalized spacial score (nSPS) is 16.0. The Kier molecular flexibility index (Phi) is 7.56. The molecule has 2 aromatic carbocycles. The van der Waals surface area contributed by atoms with E-state index in [2.05, 4.69) is 5.32 Å². The maximum atomic E-state index is 14.0. The molecule has 8 nitrogen and oxygen atoms in total. The summed E-state index contributed by atoms with van der Waals surface area (Å²) in [6.07, 6.45) is -0.0524. The van der Waals surface area contributed by atoms with Gasteiger partial charge in [-0.25, -0.2) is 13.6 Å². The van der Waals surface area contributed by atoms with Crippen LogP contribution in [0.5, 0.6) is 0 Å². The van der Waals surface area contributed by atoms with E-state index >= 15 is 0 Å². The van der Waals surface area contributed by atoms with E-state index in [0.29, 0.717) is 30.5 Å². The summed E-state index contributed by atoms with van der Waals surface area (Å²) >= 11 is 0. The lowest BCUT2D eigenvalue weighted by atomic mass is 10.0. The molecule has 0 aliphatic carbocycles. The molecule has 0 bridgehead atoms. The number of ether oxygens (including phenoxy) is 1. The Morgan fingerprint density at radius 1 is 1.21 bits per heavy atom. The smallest absolute Gasteiger partial charge is 0.410 e. The Morgan fingerprint density at radius 3 is 2.61 bits per heavy atom. The number of nitrogens with zero attached hydrogens (tertiary/aromatic N) is 2. The first-order valence-corrected chi connectivity index (χ1v) is 10.2. The summed E-state index contributed by atoms with van der Waals surface area (Å²) in [6.45, 7) is 0.222. The molecular formula is C23H22F2N4O4. The van der Waals surface area contributed by atoms with Crippen LogP contribution < -0.4 is 11.1 Å². The molecule has 10 heteroatoms. The van der Waals surface area contributed by atoms with Crippen molar-refractivity contribution in [2.45, 2.75) is 38.0 Å². The molecule has 0 spiro atoms. The molecule has 172 valence electrons. The monoisotopic (exact) mass is 456 g/mol. The summed E-state index contributed by atoms with van der Waals surface area (Å²) in [7, 11) is 0. The van der Waals surface area contributed by atoms with E-state index in [1.807, 2.05) is 0 Å². The number of nitrogens with two attached hydrogens (primary N) is 1. The van der Waals surface area contributed by atoms with Crippen molar-refractivity contribution in [3.63, 3.8) is 0 Å². The largest absolute Gasteiger partial charge is 0.445 e. The van der Waals surface area contributed by atoms with Crippen LogP contribution in [0, 0.1) is 23.0 Å². The van der Waals surface area contributed by atoms with Crippen LogP contribution in [0.2, 0.25) is 0 Å². The number of hydrogen-bond acceptors (Lipinski definition) is 5. The molecule has 0 unspecified atom stereocenters. The predicted octanol–water partition coefficient (Wildman–Crippen LogP) is 2.62. The summed E-state index contributed by atoms with van der Waals surface area (Å²) < 4.78 is 32.7. The van der Waals surface area contributed by atoms with E-state index in [-0.39, 0.29) is 18.6 Å². The quantitative estimate of drug-likeness (QED) is 0.663. The second kappa shape index (κ2) is 10.5. The van der Waals surface area contributed by atoms with Crippen molar-refractivity contribution in [3.05, 3.63) is 59.7 Å². The highest BCUT2D eigenvalue weighted by Gasteiger charge is 2.36. The number of benzene rings is 2. The SMILES string of the molecule is N#C[C@H](CC(N)=O)NC(=O)[C@@H]1CCCN1C(=O)OCc1ccc(-c2cccc(F)c2F)cc1. The Bertz CT molecular complexity index is 1080. The molecule has 0 radical (unpaired) electrons. The Morgan fingerprint density at radius 2 is 1.94 bits per heavy atom. The van der Waals surface area contributed by atoms with Crippen molar-refractivity contribution in [1.29, 1.82) is 5.26 Å². The van der Waals surface area contributed by atoms with Gasteiger partial charge in [-0.05, 0) is 30.0 Å². The van der Waals surface area contributed by atoms with Crippen LogP contribution in [0.25, 0.3) is 11.1 Å². The van der Waals surface area contributed by atoms with Crippen molar-refractivity contribution in [1.82, 2.24) is 10.2 Å². The molecular weight excluding hydrogens is 434 g/mol. The predicted molar refractivity (Wildman–Crippen MR) is 113 cm³/mol. The average Bonchev–Trinajstić information content (AvgIpc) is 3.29. The molecule has 1 aliphatic heterocycles. The van der Waals surface area contributed by atoms with Crippen molar-refractivity contribution in [2.24, 2.45) is 5.73 Å². The van der Waals surface area contributed by atoms with Gasteiger partial charge in [0.1, 0.15) is 18.7 Å². The van der Waals surface area contributed by atoms with E-state index in [1.165, 1.54) is 17.0 Å². The number of halogens is 2. The van der Waals surface area contributed by atoms with Crippen LogP contribution in [0.15, 0.2) is 42.5 Å². The molecule has 2 atom stereocenters. The van der Waals surface area contributed by atoms with E-state index < -0.39 is 41.6 Å². The number of likely N-dealkylation sites (tertiary alicyclic amines) is 1. The first-order valence-electron chi connectivity index (χ1n) is 10.2. The number of primary amides is 1. The summed E-state index contributed by atoms with van der Waals surface area (Å²) in [6, 6.07) is 10.3. The lowest BCUT2D eigenvalue weighted by Crippen LogP contribution is -2.49. The van der Waals surface area contributed by atoms with Crippen molar-refractivity contribution >= 4 is 17.9 Å². The van der Waals surface area contributed by atoms with Gasteiger partial charge in [0.15, 0.2) is 11.6 Å². The molecule has 1 saturated heterocycles. The second-order valence-electron chi connectivity index (χ2n) is 7.57. The van der Waals surface area contributed by atoms with Gasteiger partial charge in [-0.15, -0.1) is 0 Å².